The Morgan fingerprint density at radius 3 is 2.32 bits per heavy atom. The minimum atomic E-state index is -0.587. The number of Topliss-reactive ketones (excluding diaryl/α,β-unsaturated/α-hetero) is 2. The second-order valence-corrected chi connectivity index (χ2v) is 5.42. The summed E-state index contributed by atoms with van der Waals surface area (Å²) in [4.78, 5) is 37.9. The Bertz CT molecular complexity index is 765. The van der Waals surface area contributed by atoms with Crippen molar-refractivity contribution in [3.63, 3.8) is 0 Å². The maximum absolute atomic E-state index is 12.3. The molecule has 0 unspecified atom stereocenters. The zero-order valence-electron chi connectivity index (χ0n) is 11.9. The Morgan fingerprint density at radius 1 is 1.27 bits per heavy atom. The van der Waals surface area contributed by atoms with Crippen LogP contribution in [0, 0.1) is 17.0 Å². The molecule has 0 saturated carbocycles. The van der Waals surface area contributed by atoms with E-state index < -0.39 is 4.92 Å². The van der Waals surface area contributed by atoms with Gasteiger partial charge in [0, 0.05) is 18.1 Å². The zero-order chi connectivity index (χ0) is 16.4. The third-order valence-electron chi connectivity index (χ3n) is 3.18. The van der Waals surface area contributed by atoms with Crippen LogP contribution in [0.3, 0.4) is 0 Å². The van der Waals surface area contributed by atoms with Gasteiger partial charge in [0.2, 0.25) is 10.4 Å². The molecule has 1 aromatic heterocycles. The lowest BCUT2D eigenvalue weighted by atomic mass is 10.1. The molecule has 8 heteroatoms. The maximum Gasteiger partial charge on any atom is 0.357 e. The summed E-state index contributed by atoms with van der Waals surface area (Å²) in [5, 5.41) is 11.1. The van der Waals surface area contributed by atoms with E-state index >= 15 is 0 Å². The van der Waals surface area contributed by atoms with Crippen molar-refractivity contribution in [1.29, 1.82) is 0 Å². The first-order chi connectivity index (χ1) is 10.3. The summed E-state index contributed by atoms with van der Waals surface area (Å²) in [5.74, 6) is -0.284. The molecular formula is C14H12BrN3O4. The van der Waals surface area contributed by atoms with Gasteiger partial charge < -0.3 is 10.1 Å². The molecule has 0 radical (unpaired) electrons. The number of nitrogens with zero attached hydrogens (tertiary/aromatic N) is 3. The number of benzene rings is 1. The molecule has 2 rings (SSSR count). The first-order valence-electron chi connectivity index (χ1n) is 6.32. The molecule has 0 atom stereocenters. The molecule has 1 aromatic carbocycles. The lowest BCUT2D eigenvalue weighted by Crippen LogP contribution is -2.14. The molecule has 0 spiro atoms. The largest absolute Gasteiger partial charge is 0.358 e. The highest BCUT2D eigenvalue weighted by molar-refractivity contribution is 9.10. The second-order valence-electron chi connectivity index (χ2n) is 4.67. The van der Waals surface area contributed by atoms with Gasteiger partial charge in [-0.1, -0.05) is 24.3 Å². The molecule has 0 saturated heterocycles. The molecule has 22 heavy (non-hydrogen) atoms. The summed E-state index contributed by atoms with van der Waals surface area (Å²) in [6.07, 6.45) is 0. The van der Waals surface area contributed by atoms with Crippen molar-refractivity contribution < 1.29 is 14.5 Å². The van der Waals surface area contributed by atoms with Crippen LogP contribution in [0.5, 0.6) is 0 Å². The van der Waals surface area contributed by atoms with E-state index in [1.807, 2.05) is 0 Å². The molecular weight excluding hydrogens is 354 g/mol. The van der Waals surface area contributed by atoms with E-state index in [1.54, 1.807) is 19.1 Å². The van der Waals surface area contributed by atoms with Crippen LogP contribution in [0.2, 0.25) is 0 Å². The Kier molecular flexibility index (Phi) is 4.51. The molecule has 0 aliphatic heterocycles. The quantitative estimate of drug-likeness (QED) is 0.461. The number of ketones is 2. The normalized spacial score (nSPS) is 10.5. The van der Waals surface area contributed by atoms with Crippen molar-refractivity contribution in [2.24, 2.45) is 0 Å². The topological polar surface area (TPSA) is 95.1 Å². The highest BCUT2D eigenvalue weighted by atomic mass is 79.9. The number of aryl methyl sites for hydroxylation is 1. The van der Waals surface area contributed by atoms with Gasteiger partial charge in [-0.25, -0.2) is 4.57 Å². The molecule has 0 amide bonds. The van der Waals surface area contributed by atoms with E-state index in [2.05, 4.69) is 20.9 Å². The fourth-order valence-corrected chi connectivity index (χ4v) is 2.62. The lowest BCUT2D eigenvalue weighted by Gasteiger charge is -2.03. The van der Waals surface area contributed by atoms with Crippen LogP contribution < -0.4 is 0 Å². The molecule has 0 fully saturated rings. The summed E-state index contributed by atoms with van der Waals surface area (Å²) < 4.78 is 1.33. The van der Waals surface area contributed by atoms with Gasteiger partial charge in [0.25, 0.3) is 0 Å². The number of rotatable bonds is 5. The first-order valence-corrected chi connectivity index (χ1v) is 7.11. The van der Waals surface area contributed by atoms with Crippen molar-refractivity contribution in [2.45, 2.75) is 20.4 Å². The SMILES string of the molecule is CC(=O)c1ccc(C(=O)Cn2c(C)nc(Br)c2[N+](=O)[O-])cc1. The van der Waals surface area contributed by atoms with Gasteiger partial charge in [0.1, 0.15) is 0 Å². The molecule has 114 valence electrons. The van der Waals surface area contributed by atoms with Gasteiger partial charge in [-0.3, -0.25) is 9.59 Å². The first kappa shape index (κ1) is 16.0. The van der Waals surface area contributed by atoms with Crippen molar-refractivity contribution in [2.75, 3.05) is 0 Å². The van der Waals surface area contributed by atoms with Crippen LogP contribution in [-0.2, 0) is 6.54 Å². The zero-order valence-corrected chi connectivity index (χ0v) is 13.5. The van der Waals surface area contributed by atoms with E-state index in [9.17, 15) is 19.7 Å². The highest BCUT2D eigenvalue weighted by Gasteiger charge is 2.25. The summed E-state index contributed by atoms with van der Waals surface area (Å²) in [5.41, 5.74) is 0.882. The van der Waals surface area contributed by atoms with E-state index in [1.165, 1.54) is 23.6 Å². The van der Waals surface area contributed by atoms with Gasteiger partial charge in [-0.15, -0.1) is 0 Å². The van der Waals surface area contributed by atoms with Gasteiger partial charge in [-0.05, 0) is 27.8 Å². The van der Waals surface area contributed by atoms with Gasteiger partial charge in [-0.2, -0.15) is 4.98 Å². The third kappa shape index (κ3) is 3.11. The fraction of sp³-hybridized carbons (Fsp3) is 0.214. The fourth-order valence-electron chi connectivity index (χ4n) is 2.01. The molecule has 7 nitrogen and oxygen atoms in total. The number of carbonyl (C=O) groups is 2. The van der Waals surface area contributed by atoms with E-state index in [0.29, 0.717) is 17.0 Å². The number of hydrogen-bond acceptors (Lipinski definition) is 5. The van der Waals surface area contributed by atoms with Crippen molar-refractivity contribution in [3.8, 4) is 0 Å². The Hall–Kier alpha value is -2.35. The Balaban J connectivity index is 2.29. The third-order valence-corrected chi connectivity index (χ3v) is 3.71. The second kappa shape index (κ2) is 6.18. The van der Waals surface area contributed by atoms with Crippen molar-refractivity contribution in [3.05, 3.63) is 55.9 Å². The van der Waals surface area contributed by atoms with Crippen LogP contribution in [0.15, 0.2) is 28.9 Å². The minimum Gasteiger partial charge on any atom is -0.358 e. The molecule has 0 aliphatic carbocycles. The summed E-state index contributed by atoms with van der Waals surface area (Å²) in [6, 6.07) is 6.18. The number of aromatic nitrogens is 2. The molecule has 1 heterocycles. The van der Waals surface area contributed by atoms with E-state index in [-0.39, 0.29) is 28.5 Å². The van der Waals surface area contributed by atoms with Crippen LogP contribution in [0.1, 0.15) is 33.5 Å². The van der Waals surface area contributed by atoms with Crippen LogP contribution >= 0.6 is 15.9 Å². The van der Waals surface area contributed by atoms with Gasteiger partial charge in [0.05, 0.1) is 0 Å². The Labute approximate surface area is 134 Å². The van der Waals surface area contributed by atoms with Crippen LogP contribution in [0.25, 0.3) is 0 Å². The van der Waals surface area contributed by atoms with Crippen molar-refractivity contribution in [1.82, 2.24) is 9.55 Å². The molecule has 0 N–H and O–H groups in total. The summed E-state index contributed by atoms with van der Waals surface area (Å²) >= 11 is 3.02. The average Bonchev–Trinajstić information content (AvgIpc) is 2.73. The summed E-state index contributed by atoms with van der Waals surface area (Å²) in [7, 11) is 0. The number of carbonyl (C=O) groups excluding carboxylic acids is 2. The number of nitro groups is 1. The number of halogens is 1. The van der Waals surface area contributed by atoms with Crippen LogP contribution in [0.4, 0.5) is 5.82 Å². The standard InChI is InChI=1S/C14H12BrN3O4/c1-8(19)10-3-5-11(6-4-10)12(20)7-17-9(2)16-13(15)14(17)18(21)22/h3-6H,7H2,1-2H3. The maximum atomic E-state index is 12.3. The summed E-state index contributed by atoms with van der Waals surface area (Å²) in [6.45, 7) is 2.83. The van der Waals surface area contributed by atoms with E-state index in [4.69, 9.17) is 0 Å². The smallest absolute Gasteiger partial charge is 0.357 e. The molecule has 0 bridgehead atoms. The average molecular weight is 366 g/mol. The molecule has 2 aromatic rings. The molecule has 0 aliphatic rings. The minimum absolute atomic E-state index is 0.0923. The lowest BCUT2D eigenvalue weighted by molar-refractivity contribution is -0.392. The predicted molar refractivity (Wildman–Crippen MR) is 82.1 cm³/mol. The van der Waals surface area contributed by atoms with E-state index in [0.717, 1.165) is 0 Å². The van der Waals surface area contributed by atoms with Gasteiger partial charge >= 0.3 is 5.82 Å². The predicted octanol–water partition coefficient (Wildman–Crippen LogP) is 2.95. The van der Waals surface area contributed by atoms with Crippen molar-refractivity contribution >= 4 is 33.3 Å². The van der Waals surface area contributed by atoms with Gasteiger partial charge in [0.15, 0.2) is 18.2 Å². The number of imidazole rings is 1. The number of hydrogen-bond donors (Lipinski definition) is 0. The van der Waals surface area contributed by atoms with Crippen LogP contribution in [-0.4, -0.2) is 26.0 Å². The highest BCUT2D eigenvalue weighted by Crippen LogP contribution is 2.25. The Morgan fingerprint density at radius 2 is 1.82 bits per heavy atom. The monoisotopic (exact) mass is 365 g/mol.